The highest BCUT2D eigenvalue weighted by Gasteiger charge is 2.36. The van der Waals surface area contributed by atoms with Gasteiger partial charge < -0.3 is 4.74 Å². The molecule has 4 aromatic rings. The van der Waals surface area contributed by atoms with Crippen LogP contribution in [0.1, 0.15) is 18.4 Å². The Labute approximate surface area is 218 Å². The highest BCUT2D eigenvalue weighted by Crippen LogP contribution is 2.36. The molecule has 2 aromatic carbocycles. The summed E-state index contributed by atoms with van der Waals surface area (Å²) in [7, 11) is -2.41. The van der Waals surface area contributed by atoms with Gasteiger partial charge in [0.05, 0.1) is 18.4 Å². The number of ether oxygens (including phenoxy) is 1. The van der Waals surface area contributed by atoms with Crippen molar-refractivity contribution in [3.63, 3.8) is 0 Å². The Morgan fingerprint density at radius 1 is 1.14 bits per heavy atom. The molecule has 11 heteroatoms. The molecule has 2 aromatic heterocycles. The third-order valence-corrected chi connectivity index (χ3v) is 9.38. The van der Waals surface area contributed by atoms with Crippen LogP contribution < -0.4 is 9.64 Å². The van der Waals surface area contributed by atoms with E-state index in [0.29, 0.717) is 29.2 Å². The largest absolute Gasteiger partial charge is 0.494 e. The highest BCUT2D eigenvalue weighted by molar-refractivity contribution is 7.89. The van der Waals surface area contributed by atoms with Crippen molar-refractivity contribution in [1.29, 1.82) is 0 Å². The molecule has 0 N–H and O–H groups in total. The van der Waals surface area contributed by atoms with Crippen molar-refractivity contribution in [3.05, 3.63) is 78.4 Å². The van der Waals surface area contributed by atoms with Crippen LogP contribution in [0.15, 0.2) is 71.9 Å². The molecule has 192 valence electrons. The van der Waals surface area contributed by atoms with Crippen LogP contribution in [0.3, 0.4) is 0 Å². The predicted molar refractivity (Wildman–Crippen MR) is 139 cm³/mol. The van der Waals surface area contributed by atoms with Gasteiger partial charge in [-0.2, -0.15) is 4.31 Å². The van der Waals surface area contributed by atoms with Crippen molar-refractivity contribution in [2.45, 2.75) is 24.3 Å². The van der Waals surface area contributed by atoms with E-state index >= 15 is 0 Å². The van der Waals surface area contributed by atoms with Crippen molar-refractivity contribution in [2.75, 3.05) is 25.1 Å². The van der Waals surface area contributed by atoms with E-state index in [2.05, 4.69) is 4.98 Å². The van der Waals surface area contributed by atoms with Crippen LogP contribution in [-0.2, 0) is 21.4 Å². The number of amides is 1. The molecule has 5 rings (SSSR count). The monoisotopic (exact) mass is 540 g/mol. The second-order valence-electron chi connectivity index (χ2n) is 8.70. The molecule has 0 saturated carbocycles. The summed E-state index contributed by atoms with van der Waals surface area (Å²) < 4.78 is 47.8. The standard InChI is InChI=1S/C26H25FN4O4S2/c1-35-21-8-4-9-22-24(21)29-26(36-22)31(17-18-6-5-13-28-16-18)25(32)19-11-14-30(15-12-19)37(33,34)23-10-3-2-7-20(23)27/h2-10,13,16,19H,11-12,14-15,17H2,1H3. The molecule has 0 bridgehead atoms. The molecule has 1 saturated heterocycles. The van der Waals surface area contributed by atoms with Gasteiger partial charge in [-0.1, -0.05) is 35.6 Å². The predicted octanol–water partition coefficient (Wildman–Crippen LogP) is 4.47. The number of piperidine rings is 1. The van der Waals surface area contributed by atoms with E-state index in [1.165, 1.54) is 33.8 Å². The Kier molecular flexibility index (Phi) is 7.18. The molecule has 37 heavy (non-hydrogen) atoms. The number of methoxy groups -OCH3 is 1. The van der Waals surface area contributed by atoms with Crippen LogP contribution in [0.2, 0.25) is 0 Å². The average molecular weight is 541 g/mol. The van der Waals surface area contributed by atoms with Crippen molar-refractivity contribution in [2.24, 2.45) is 5.92 Å². The van der Waals surface area contributed by atoms with Gasteiger partial charge in [0.1, 0.15) is 22.0 Å². The van der Waals surface area contributed by atoms with Gasteiger partial charge in [0.25, 0.3) is 0 Å². The maximum atomic E-state index is 14.2. The Morgan fingerprint density at radius 2 is 1.92 bits per heavy atom. The lowest BCUT2D eigenvalue weighted by Gasteiger charge is -2.33. The Bertz CT molecular complexity index is 1520. The molecule has 8 nitrogen and oxygen atoms in total. The van der Waals surface area contributed by atoms with Gasteiger partial charge in [-0.05, 0) is 48.7 Å². The van der Waals surface area contributed by atoms with E-state index < -0.39 is 21.8 Å². The van der Waals surface area contributed by atoms with Gasteiger partial charge in [0.2, 0.25) is 15.9 Å². The topological polar surface area (TPSA) is 92.7 Å². The van der Waals surface area contributed by atoms with E-state index in [4.69, 9.17) is 9.72 Å². The van der Waals surface area contributed by atoms with Gasteiger partial charge in [0, 0.05) is 31.4 Å². The van der Waals surface area contributed by atoms with Crippen molar-refractivity contribution < 1.29 is 22.3 Å². The Hall–Kier alpha value is -3.41. The number of aromatic nitrogens is 2. The summed E-state index contributed by atoms with van der Waals surface area (Å²) in [6, 6.07) is 14.7. The zero-order chi connectivity index (χ0) is 26.0. The fraction of sp³-hybridized carbons (Fsp3) is 0.269. The lowest BCUT2D eigenvalue weighted by Crippen LogP contribution is -2.44. The fourth-order valence-corrected chi connectivity index (χ4v) is 6.98. The molecule has 0 aliphatic carbocycles. The first-order valence-electron chi connectivity index (χ1n) is 11.8. The molecule has 0 spiro atoms. The molecule has 0 radical (unpaired) electrons. The van der Waals surface area contributed by atoms with Crippen molar-refractivity contribution in [3.8, 4) is 5.75 Å². The summed E-state index contributed by atoms with van der Waals surface area (Å²) >= 11 is 1.40. The van der Waals surface area contributed by atoms with Crippen LogP contribution in [-0.4, -0.2) is 48.8 Å². The van der Waals surface area contributed by atoms with Crippen LogP contribution in [0, 0.1) is 11.7 Å². The second kappa shape index (κ2) is 10.5. The number of fused-ring (bicyclic) bond motifs is 1. The quantitative estimate of drug-likeness (QED) is 0.343. The molecule has 1 fully saturated rings. The third kappa shape index (κ3) is 5.07. The maximum absolute atomic E-state index is 14.2. The van der Waals surface area contributed by atoms with Gasteiger partial charge in [-0.25, -0.2) is 17.8 Å². The number of rotatable bonds is 7. The average Bonchev–Trinajstić information content (AvgIpc) is 3.36. The fourth-order valence-electron chi connectivity index (χ4n) is 4.46. The number of sulfonamides is 1. The number of halogens is 1. The summed E-state index contributed by atoms with van der Waals surface area (Å²) in [5.74, 6) is -0.697. The van der Waals surface area contributed by atoms with Gasteiger partial charge >= 0.3 is 0 Å². The number of carbonyl (C=O) groups excluding carboxylic acids is 1. The van der Waals surface area contributed by atoms with E-state index in [0.717, 1.165) is 16.3 Å². The molecule has 1 aliphatic rings. The maximum Gasteiger partial charge on any atom is 0.245 e. The molecule has 1 aliphatic heterocycles. The first kappa shape index (κ1) is 25.2. The zero-order valence-corrected chi connectivity index (χ0v) is 21.7. The van der Waals surface area contributed by atoms with Crippen molar-refractivity contribution in [1.82, 2.24) is 14.3 Å². The lowest BCUT2D eigenvalue weighted by molar-refractivity contribution is -0.123. The molecule has 0 atom stereocenters. The lowest BCUT2D eigenvalue weighted by atomic mass is 9.96. The van der Waals surface area contributed by atoms with E-state index in [1.807, 2.05) is 30.3 Å². The SMILES string of the molecule is COc1cccc2sc(N(Cc3cccnc3)C(=O)C3CCN(S(=O)(=O)c4ccccc4F)CC3)nc12. The Balaban J connectivity index is 1.39. The number of carbonyl (C=O) groups is 1. The number of thiazole rings is 1. The number of benzene rings is 2. The first-order valence-corrected chi connectivity index (χ1v) is 14.0. The smallest absolute Gasteiger partial charge is 0.245 e. The van der Waals surface area contributed by atoms with Crippen LogP contribution >= 0.6 is 11.3 Å². The summed E-state index contributed by atoms with van der Waals surface area (Å²) in [6.07, 6.45) is 4.02. The minimum atomic E-state index is -3.99. The van der Waals surface area contributed by atoms with Gasteiger partial charge in [0.15, 0.2) is 5.13 Å². The molecule has 0 unspecified atom stereocenters. The van der Waals surface area contributed by atoms with Gasteiger partial charge in [-0.3, -0.25) is 14.7 Å². The number of para-hydroxylation sites is 1. The number of anilines is 1. The van der Waals surface area contributed by atoms with E-state index in [9.17, 15) is 17.6 Å². The minimum absolute atomic E-state index is 0.126. The normalized spacial score (nSPS) is 15.1. The van der Waals surface area contributed by atoms with Crippen LogP contribution in [0.25, 0.3) is 10.2 Å². The highest BCUT2D eigenvalue weighted by atomic mass is 32.2. The van der Waals surface area contributed by atoms with Crippen LogP contribution in [0.5, 0.6) is 5.75 Å². The molecular weight excluding hydrogens is 515 g/mol. The van der Waals surface area contributed by atoms with E-state index in [1.54, 1.807) is 24.4 Å². The summed E-state index contributed by atoms with van der Waals surface area (Å²) in [6.45, 7) is 0.533. The van der Waals surface area contributed by atoms with E-state index in [-0.39, 0.29) is 30.4 Å². The van der Waals surface area contributed by atoms with Crippen LogP contribution in [0.4, 0.5) is 9.52 Å². The zero-order valence-electron chi connectivity index (χ0n) is 20.1. The number of hydrogen-bond donors (Lipinski definition) is 0. The second-order valence-corrected chi connectivity index (χ2v) is 11.6. The number of hydrogen-bond acceptors (Lipinski definition) is 7. The Morgan fingerprint density at radius 3 is 2.62 bits per heavy atom. The van der Waals surface area contributed by atoms with Gasteiger partial charge in [-0.15, -0.1) is 0 Å². The summed E-state index contributed by atoms with van der Waals surface area (Å²) in [5, 5.41) is 0.537. The summed E-state index contributed by atoms with van der Waals surface area (Å²) in [5.41, 5.74) is 1.53. The molecule has 1 amide bonds. The number of pyridine rings is 1. The van der Waals surface area contributed by atoms with Crippen molar-refractivity contribution >= 4 is 42.6 Å². The molecule has 3 heterocycles. The third-order valence-electron chi connectivity index (χ3n) is 6.41. The minimum Gasteiger partial charge on any atom is -0.494 e. The first-order chi connectivity index (χ1) is 17.9. The number of nitrogens with zero attached hydrogens (tertiary/aromatic N) is 4. The summed E-state index contributed by atoms with van der Waals surface area (Å²) in [4.78, 5) is 24.0. The molecular formula is C26H25FN4O4S2.